The van der Waals surface area contributed by atoms with Crippen molar-refractivity contribution in [2.24, 2.45) is 0 Å². The largest absolute Gasteiger partial charge is 0.268 e. The quantitative estimate of drug-likeness (QED) is 0.826. The van der Waals surface area contributed by atoms with Crippen LogP contribution in [-0.2, 0) is 0 Å². The summed E-state index contributed by atoms with van der Waals surface area (Å²) in [6, 6.07) is 3.51. The van der Waals surface area contributed by atoms with E-state index in [9.17, 15) is 13.6 Å². The summed E-state index contributed by atoms with van der Waals surface area (Å²) in [7, 11) is 0. The third-order valence-electron chi connectivity index (χ3n) is 2.72. The Morgan fingerprint density at radius 3 is 2.47 bits per heavy atom. The number of nitrogens with zero attached hydrogens (tertiary/aromatic N) is 1. The van der Waals surface area contributed by atoms with Gasteiger partial charge >= 0.3 is 0 Å². The maximum Gasteiger partial charge on any atom is 0.267 e. The van der Waals surface area contributed by atoms with Gasteiger partial charge in [0.25, 0.3) is 5.56 Å². The fraction of sp³-hybridized carbons (Fsp3) is 0.167. The molecule has 0 bridgehead atoms. The van der Waals surface area contributed by atoms with Crippen molar-refractivity contribution in [2.45, 2.75) is 13.8 Å². The summed E-state index contributed by atoms with van der Waals surface area (Å²) >= 11 is 0. The molecule has 0 saturated carbocycles. The van der Waals surface area contributed by atoms with Crippen LogP contribution in [0.5, 0.6) is 0 Å². The van der Waals surface area contributed by atoms with E-state index in [0.29, 0.717) is 22.4 Å². The van der Waals surface area contributed by atoms with Crippen molar-refractivity contribution in [3.8, 4) is 11.3 Å². The molecule has 88 valence electrons. The number of halogens is 2. The Hall–Kier alpha value is -2.04. The Morgan fingerprint density at radius 2 is 1.82 bits per heavy atom. The number of H-pyrrole nitrogens is 1. The summed E-state index contributed by atoms with van der Waals surface area (Å²) in [5, 5.41) is 6.17. The average molecular weight is 236 g/mol. The topological polar surface area (TPSA) is 45.8 Å². The molecule has 1 aromatic heterocycles. The maximum absolute atomic E-state index is 13.1. The first-order chi connectivity index (χ1) is 8.00. The summed E-state index contributed by atoms with van der Waals surface area (Å²) < 4.78 is 25.9. The minimum atomic E-state index is -0.937. The van der Waals surface area contributed by atoms with Crippen molar-refractivity contribution in [3.63, 3.8) is 0 Å². The third-order valence-corrected chi connectivity index (χ3v) is 2.72. The number of nitrogens with one attached hydrogen (secondary N) is 1. The molecule has 0 aliphatic rings. The summed E-state index contributed by atoms with van der Waals surface area (Å²) in [4.78, 5) is 11.3. The first kappa shape index (κ1) is 11.4. The fourth-order valence-electron chi connectivity index (χ4n) is 1.55. The van der Waals surface area contributed by atoms with Crippen LogP contribution in [0.25, 0.3) is 11.3 Å². The van der Waals surface area contributed by atoms with Gasteiger partial charge in [-0.1, -0.05) is 0 Å². The summed E-state index contributed by atoms with van der Waals surface area (Å²) in [5.74, 6) is -1.85. The van der Waals surface area contributed by atoms with Crippen LogP contribution < -0.4 is 5.56 Å². The van der Waals surface area contributed by atoms with Crippen LogP contribution in [0.1, 0.15) is 11.1 Å². The molecule has 1 aromatic carbocycles. The molecule has 5 heteroatoms. The minimum Gasteiger partial charge on any atom is -0.268 e. The van der Waals surface area contributed by atoms with Gasteiger partial charge in [0.05, 0.1) is 5.69 Å². The van der Waals surface area contributed by atoms with Crippen LogP contribution >= 0.6 is 0 Å². The molecule has 0 atom stereocenters. The standard InChI is InChI=1S/C12H10F2N2O/c1-6-7(2)12(17)16-15-11(6)8-3-4-9(13)10(14)5-8/h3-5H,1-2H3,(H,16,17). The van der Waals surface area contributed by atoms with E-state index in [4.69, 9.17) is 0 Å². The maximum atomic E-state index is 13.1. The molecule has 0 aliphatic heterocycles. The van der Waals surface area contributed by atoms with Crippen molar-refractivity contribution in [1.29, 1.82) is 0 Å². The van der Waals surface area contributed by atoms with E-state index in [0.717, 1.165) is 12.1 Å². The minimum absolute atomic E-state index is 0.283. The van der Waals surface area contributed by atoms with Gasteiger partial charge in [0.15, 0.2) is 11.6 Å². The molecule has 0 amide bonds. The van der Waals surface area contributed by atoms with Crippen LogP contribution in [0.3, 0.4) is 0 Å². The number of rotatable bonds is 1. The van der Waals surface area contributed by atoms with E-state index in [1.807, 2.05) is 0 Å². The van der Waals surface area contributed by atoms with Crippen molar-refractivity contribution in [1.82, 2.24) is 10.2 Å². The summed E-state index contributed by atoms with van der Waals surface area (Å²) in [6.45, 7) is 3.37. The molecule has 1 N–H and O–H groups in total. The first-order valence-corrected chi connectivity index (χ1v) is 5.02. The number of hydrogen-bond donors (Lipinski definition) is 1. The molecular formula is C12H10F2N2O. The SMILES string of the molecule is Cc1c(-c2ccc(F)c(F)c2)n[nH]c(=O)c1C. The monoisotopic (exact) mass is 236 g/mol. The highest BCUT2D eigenvalue weighted by Gasteiger charge is 2.11. The van der Waals surface area contributed by atoms with E-state index in [1.165, 1.54) is 6.07 Å². The third kappa shape index (κ3) is 1.95. The Kier molecular flexibility index (Phi) is 2.75. The lowest BCUT2D eigenvalue weighted by Crippen LogP contribution is -2.14. The van der Waals surface area contributed by atoms with Gasteiger partial charge in [0.1, 0.15) is 0 Å². The molecule has 3 nitrogen and oxygen atoms in total. The highest BCUT2D eigenvalue weighted by Crippen LogP contribution is 2.22. The van der Waals surface area contributed by atoms with Gasteiger partial charge in [-0.2, -0.15) is 5.10 Å². The first-order valence-electron chi connectivity index (χ1n) is 5.02. The molecule has 0 saturated heterocycles. The highest BCUT2D eigenvalue weighted by atomic mass is 19.2. The molecular weight excluding hydrogens is 226 g/mol. The molecule has 17 heavy (non-hydrogen) atoms. The predicted molar refractivity (Wildman–Crippen MR) is 59.7 cm³/mol. The zero-order chi connectivity index (χ0) is 12.6. The molecule has 2 aromatic rings. The van der Waals surface area contributed by atoms with Crippen molar-refractivity contribution < 1.29 is 8.78 Å². The van der Waals surface area contributed by atoms with Crippen LogP contribution in [-0.4, -0.2) is 10.2 Å². The molecule has 0 fully saturated rings. The van der Waals surface area contributed by atoms with E-state index in [1.54, 1.807) is 13.8 Å². The zero-order valence-corrected chi connectivity index (χ0v) is 9.34. The molecule has 0 radical (unpaired) electrons. The number of aromatic amines is 1. The Labute approximate surface area is 96.1 Å². The van der Waals surface area contributed by atoms with Crippen LogP contribution in [0.15, 0.2) is 23.0 Å². The van der Waals surface area contributed by atoms with E-state index in [-0.39, 0.29) is 5.56 Å². The molecule has 0 aliphatic carbocycles. The van der Waals surface area contributed by atoms with Crippen molar-refractivity contribution >= 4 is 0 Å². The highest BCUT2D eigenvalue weighted by molar-refractivity contribution is 5.63. The van der Waals surface area contributed by atoms with Crippen LogP contribution in [0.2, 0.25) is 0 Å². The number of benzene rings is 1. The van der Waals surface area contributed by atoms with E-state index >= 15 is 0 Å². The second-order valence-electron chi connectivity index (χ2n) is 3.78. The second kappa shape index (κ2) is 4.08. The fourth-order valence-corrected chi connectivity index (χ4v) is 1.55. The van der Waals surface area contributed by atoms with Gasteiger partial charge in [0, 0.05) is 11.1 Å². The molecule has 1 heterocycles. The van der Waals surface area contributed by atoms with Gasteiger partial charge < -0.3 is 0 Å². The average Bonchev–Trinajstić information content (AvgIpc) is 2.30. The van der Waals surface area contributed by atoms with Crippen LogP contribution in [0.4, 0.5) is 8.78 Å². The molecule has 0 spiro atoms. The number of hydrogen-bond acceptors (Lipinski definition) is 2. The number of aromatic nitrogens is 2. The van der Waals surface area contributed by atoms with Crippen LogP contribution in [0, 0.1) is 25.5 Å². The predicted octanol–water partition coefficient (Wildman–Crippen LogP) is 2.33. The van der Waals surface area contributed by atoms with Gasteiger partial charge in [-0.25, -0.2) is 13.9 Å². The molecule has 2 rings (SSSR count). The molecule has 0 unspecified atom stereocenters. The van der Waals surface area contributed by atoms with Gasteiger partial charge in [-0.05, 0) is 37.6 Å². The lowest BCUT2D eigenvalue weighted by Gasteiger charge is -2.06. The van der Waals surface area contributed by atoms with E-state index in [2.05, 4.69) is 10.2 Å². The van der Waals surface area contributed by atoms with Gasteiger partial charge in [-0.3, -0.25) is 4.79 Å². The lowest BCUT2D eigenvalue weighted by molar-refractivity contribution is 0.509. The van der Waals surface area contributed by atoms with Crippen molar-refractivity contribution in [2.75, 3.05) is 0 Å². The Bertz CT molecular complexity index is 635. The van der Waals surface area contributed by atoms with Gasteiger partial charge in [0.2, 0.25) is 0 Å². The smallest absolute Gasteiger partial charge is 0.267 e. The summed E-state index contributed by atoms with van der Waals surface area (Å²) in [6.07, 6.45) is 0. The lowest BCUT2D eigenvalue weighted by atomic mass is 10.0. The van der Waals surface area contributed by atoms with E-state index < -0.39 is 11.6 Å². The van der Waals surface area contributed by atoms with Crippen molar-refractivity contribution in [3.05, 3.63) is 51.3 Å². The Morgan fingerprint density at radius 1 is 1.12 bits per heavy atom. The summed E-state index contributed by atoms with van der Waals surface area (Å²) in [5.41, 5.74) is 1.76. The zero-order valence-electron chi connectivity index (χ0n) is 9.34. The Balaban J connectivity index is 2.65. The second-order valence-corrected chi connectivity index (χ2v) is 3.78. The van der Waals surface area contributed by atoms with Gasteiger partial charge in [-0.15, -0.1) is 0 Å². The normalized spacial score (nSPS) is 10.6.